The van der Waals surface area contributed by atoms with E-state index in [9.17, 15) is 14.4 Å². The second-order valence-corrected chi connectivity index (χ2v) is 8.46. The summed E-state index contributed by atoms with van der Waals surface area (Å²) in [6.07, 6.45) is -1.57. The predicted molar refractivity (Wildman–Crippen MR) is 128 cm³/mol. The van der Waals surface area contributed by atoms with Gasteiger partial charge in [-0.15, -0.1) is 0 Å². The van der Waals surface area contributed by atoms with Crippen LogP contribution in [-0.2, 0) is 19.1 Å². The highest BCUT2D eigenvalue weighted by Gasteiger charge is 2.34. The van der Waals surface area contributed by atoms with E-state index in [1.165, 1.54) is 12.0 Å². The minimum atomic E-state index is -1.02. The molecule has 2 amide bonds. The molecule has 2 N–H and O–H groups in total. The van der Waals surface area contributed by atoms with Crippen molar-refractivity contribution in [3.05, 3.63) is 59.7 Å². The molecule has 0 fully saturated rings. The average Bonchev–Trinajstić information content (AvgIpc) is 3.14. The van der Waals surface area contributed by atoms with Gasteiger partial charge in [-0.1, -0.05) is 48.5 Å². The van der Waals surface area contributed by atoms with Crippen LogP contribution in [0, 0.1) is 0 Å². The Morgan fingerprint density at radius 3 is 2.09 bits per heavy atom. The van der Waals surface area contributed by atoms with E-state index in [0.717, 1.165) is 22.3 Å². The summed E-state index contributed by atoms with van der Waals surface area (Å²) >= 11 is 0. The van der Waals surface area contributed by atoms with E-state index in [1.807, 2.05) is 36.4 Å². The third-order valence-corrected chi connectivity index (χ3v) is 6.35. The number of carboxylic acid groups (broad SMARTS) is 1. The maximum absolute atomic E-state index is 13.2. The lowest BCUT2D eigenvalue weighted by atomic mass is 9.98. The molecule has 2 aromatic rings. The van der Waals surface area contributed by atoms with Crippen LogP contribution in [0.3, 0.4) is 0 Å². The van der Waals surface area contributed by atoms with Gasteiger partial charge in [0.15, 0.2) is 0 Å². The molecule has 1 aliphatic rings. The Labute approximate surface area is 199 Å². The van der Waals surface area contributed by atoms with Gasteiger partial charge in [0, 0.05) is 25.6 Å². The molecular formula is C26H32N2O6. The quantitative estimate of drug-likeness (QED) is 0.552. The lowest BCUT2D eigenvalue weighted by Gasteiger charge is -2.33. The topological polar surface area (TPSA) is 105 Å². The Morgan fingerprint density at radius 1 is 1.03 bits per heavy atom. The molecule has 3 atom stereocenters. The van der Waals surface area contributed by atoms with Crippen molar-refractivity contribution in [1.29, 1.82) is 0 Å². The van der Waals surface area contributed by atoms with Crippen molar-refractivity contribution in [1.82, 2.24) is 10.2 Å². The van der Waals surface area contributed by atoms with E-state index in [2.05, 4.69) is 17.4 Å². The van der Waals surface area contributed by atoms with E-state index >= 15 is 0 Å². The van der Waals surface area contributed by atoms with Crippen LogP contribution >= 0.6 is 0 Å². The molecule has 1 unspecified atom stereocenters. The van der Waals surface area contributed by atoms with Gasteiger partial charge >= 0.3 is 12.1 Å². The van der Waals surface area contributed by atoms with Crippen molar-refractivity contribution in [2.75, 3.05) is 20.3 Å². The SMILES string of the molecule is CCN(C(=O)[C@@H](NC(=O)OCC1c2ccccc2-c2ccccc21)[C@@H](C)OC)C(C)CC(=O)O. The number of nitrogens with one attached hydrogen (secondary N) is 1. The lowest BCUT2D eigenvalue weighted by Crippen LogP contribution is -2.56. The Hall–Kier alpha value is -3.39. The molecule has 0 aromatic heterocycles. The molecule has 0 heterocycles. The Kier molecular flexibility index (Phi) is 8.28. The molecule has 2 aromatic carbocycles. The second-order valence-electron chi connectivity index (χ2n) is 8.46. The smallest absolute Gasteiger partial charge is 0.407 e. The number of ether oxygens (including phenoxy) is 2. The highest BCUT2D eigenvalue weighted by atomic mass is 16.5. The zero-order chi connectivity index (χ0) is 24.8. The number of alkyl carbamates (subject to hydrolysis) is 1. The zero-order valence-corrected chi connectivity index (χ0v) is 20.0. The van der Waals surface area contributed by atoms with Crippen LogP contribution in [0.1, 0.15) is 44.2 Å². The van der Waals surface area contributed by atoms with Crippen molar-refractivity contribution in [2.24, 2.45) is 0 Å². The first-order valence-corrected chi connectivity index (χ1v) is 11.4. The summed E-state index contributed by atoms with van der Waals surface area (Å²) < 4.78 is 10.9. The largest absolute Gasteiger partial charge is 0.481 e. The van der Waals surface area contributed by atoms with Crippen molar-refractivity contribution in [3.8, 4) is 11.1 Å². The van der Waals surface area contributed by atoms with Gasteiger partial charge in [0.05, 0.1) is 12.5 Å². The number of amides is 2. The number of nitrogens with zero attached hydrogens (tertiary/aromatic N) is 1. The summed E-state index contributed by atoms with van der Waals surface area (Å²) in [4.78, 5) is 38.5. The van der Waals surface area contributed by atoms with Gasteiger partial charge in [0.1, 0.15) is 12.6 Å². The van der Waals surface area contributed by atoms with E-state index < -0.39 is 36.2 Å². The first-order valence-electron chi connectivity index (χ1n) is 11.4. The molecule has 0 saturated carbocycles. The Balaban J connectivity index is 1.71. The van der Waals surface area contributed by atoms with Crippen molar-refractivity contribution in [3.63, 3.8) is 0 Å². The fourth-order valence-corrected chi connectivity index (χ4v) is 4.51. The Bertz CT molecular complexity index is 994. The summed E-state index contributed by atoms with van der Waals surface area (Å²) in [6.45, 7) is 5.51. The van der Waals surface area contributed by atoms with Crippen molar-refractivity contribution >= 4 is 18.0 Å². The summed E-state index contributed by atoms with van der Waals surface area (Å²) in [7, 11) is 1.45. The number of hydrogen-bond acceptors (Lipinski definition) is 5. The number of likely N-dealkylation sites (N-methyl/N-ethyl adjacent to an activating group) is 1. The number of rotatable bonds is 10. The number of carbonyl (C=O) groups excluding carboxylic acids is 2. The van der Waals surface area contributed by atoms with Gasteiger partial charge in [-0.05, 0) is 43.0 Å². The highest BCUT2D eigenvalue weighted by molar-refractivity contribution is 5.87. The van der Waals surface area contributed by atoms with Gasteiger partial charge in [0.2, 0.25) is 5.91 Å². The number of carbonyl (C=O) groups is 3. The third-order valence-electron chi connectivity index (χ3n) is 6.35. The molecule has 34 heavy (non-hydrogen) atoms. The molecule has 0 bridgehead atoms. The number of benzene rings is 2. The van der Waals surface area contributed by atoms with Gasteiger partial charge in [-0.25, -0.2) is 4.79 Å². The normalized spacial score (nSPS) is 14.9. The molecule has 0 aliphatic heterocycles. The molecule has 3 rings (SSSR count). The highest BCUT2D eigenvalue weighted by Crippen LogP contribution is 2.44. The van der Waals surface area contributed by atoms with E-state index in [0.29, 0.717) is 6.54 Å². The third kappa shape index (κ3) is 5.39. The minimum Gasteiger partial charge on any atom is -0.481 e. The second kappa shape index (κ2) is 11.2. The van der Waals surface area contributed by atoms with Crippen LogP contribution < -0.4 is 5.32 Å². The van der Waals surface area contributed by atoms with Crippen LogP contribution in [0.25, 0.3) is 11.1 Å². The summed E-state index contributed by atoms with van der Waals surface area (Å²) in [5.74, 6) is -1.52. The maximum atomic E-state index is 13.2. The fraction of sp³-hybridized carbons (Fsp3) is 0.423. The number of fused-ring (bicyclic) bond motifs is 3. The van der Waals surface area contributed by atoms with E-state index in [1.54, 1.807) is 20.8 Å². The van der Waals surface area contributed by atoms with Crippen LogP contribution in [0.5, 0.6) is 0 Å². The van der Waals surface area contributed by atoms with Crippen molar-refractivity contribution in [2.45, 2.75) is 51.3 Å². The van der Waals surface area contributed by atoms with Gasteiger partial charge in [-0.3, -0.25) is 9.59 Å². The number of aliphatic carboxylic acids is 1. The molecule has 0 radical (unpaired) electrons. The van der Waals surface area contributed by atoms with E-state index in [-0.39, 0.29) is 18.9 Å². The van der Waals surface area contributed by atoms with Crippen LogP contribution in [-0.4, -0.2) is 66.4 Å². The summed E-state index contributed by atoms with van der Waals surface area (Å²) in [6, 6.07) is 14.5. The number of hydrogen-bond donors (Lipinski definition) is 2. The first kappa shape index (κ1) is 25.2. The molecule has 0 spiro atoms. The summed E-state index contributed by atoms with van der Waals surface area (Å²) in [5, 5.41) is 11.7. The number of methoxy groups -OCH3 is 1. The molecule has 8 nitrogen and oxygen atoms in total. The molecule has 0 saturated heterocycles. The number of carboxylic acids is 1. The van der Waals surface area contributed by atoms with Gasteiger partial charge < -0.3 is 24.8 Å². The summed E-state index contributed by atoms with van der Waals surface area (Å²) in [5.41, 5.74) is 4.43. The molecular weight excluding hydrogens is 436 g/mol. The Morgan fingerprint density at radius 2 is 1.59 bits per heavy atom. The minimum absolute atomic E-state index is 0.102. The standard InChI is InChI=1S/C26H32N2O6/c1-5-28(16(2)14-23(29)30)25(31)24(17(3)33-4)27-26(32)34-15-22-20-12-8-6-10-18(20)19-11-7-9-13-21(19)22/h6-13,16-17,22,24H,5,14-15H2,1-4H3,(H,27,32)(H,29,30)/t16?,17-,24+/m1/s1. The zero-order valence-electron chi connectivity index (χ0n) is 20.0. The van der Waals surface area contributed by atoms with Crippen LogP contribution in [0.2, 0.25) is 0 Å². The predicted octanol–water partition coefficient (Wildman–Crippen LogP) is 3.64. The van der Waals surface area contributed by atoms with Crippen molar-refractivity contribution < 1.29 is 29.0 Å². The maximum Gasteiger partial charge on any atom is 0.407 e. The van der Waals surface area contributed by atoms with Crippen LogP contribution in [0.15, 0.2) is 48.5 Å². The van der Waals surface area contributed by atoms with Crippen LogP contribution in [0.4, 0.5) is 4.79 Å². The van der Waals surface area contributed by atoms with E-state index in [4.69, 9.17) is 14.6 Å². The molecule has 8 heteroatoms. The monoisotopic (exact) mass is 468 g/mol. The molecule has 182 valence electrons. The average molecular weight is 469 g/mol. The lowest BCUT2D eigenvalue weighted by molar-refractivity contribution is -0.142. The van der Waals surface area contributed by atoms with Gasteiger partial charge in [0.25, 0.3) is 0 Å². The molecule has 1 aliphatic carbocycles. The first-order chi connectivity index (χ1) is 16.3. The van der Waals surface area contributed by atoms with Gasteiger partial charge in [-0.2, -0.15) is 0 Å². The fourth-order valence-electron chi connectivity index (χ4n) is 4.51.